The molecule has 2 aliphatic heterocycles. The molecule has 0 bridgehead atoms. The van der Waals surface area contributed by atoms with Crippen LogP contribution in [0.15, 0.2) is 53.6 Å². The highest BCUT2D eigenvalue weighted by Crippen LogP contribution is 2.34. The van der Waals surface area contributed by atoms with Gasteiger partial charge in [-0.3, -0.25) is 4.79 Å². The molecule has 0 saturated carbocycles. The standard InChI is InChI=1S/C24H29N3O3/c1-26-13-11-19(12-14-26)27-24(28)20(17-7-5-4-6-8-17)16-21(25-27)18-9-10-22(29-2)23(15-18)30-3/h4-10,15,19-20H,11-14,16H2,1-3H3. The third-order valence-corrected chi connectivity index (χ3v) is 6.10. The van der Waals surface area contributed by atoms with Crippen molar-refractivity contribution in [2.75, 3.05) is 34.4 Å². The Bertz CT molecular complexity index is 921. The molecule has 30 heavy (non-hydrogen) atoms. The zero-order valence-corrected chi connectivity index (χ0v) is 17.9. The number of benzene rings is 2. The molecule has 2 aromatic carbocycles. The fourth-order valence-electron chi connectivity index (χ4n) is 4.30. The number of hydrogen-bond acceptors (Lipinski definition) is 5. The summed E-state index contributed by atoms with van der Waals surface area (Å²) < 4.78 is 10.9. The van der Waals surface area contributed by atoms with Crippen molar-refractivity contribution in [1.29, 1.82) is 0 Å². The van der Waals surface area contributed by atoms with Crippen LogP contribution in [0.1, 0.15) is 36.3 Å². The molecule has 1 atom stereocenters. The summed E-state index contributed by atoms with van der Waals surface area (Å²) in [5.41, 5.74) is 2.90. The van der Waals surface area contributed by atoms with Gasteiger partial charge in [-0.2, -0.15) is 5.10 Å². The molecule has 1 amide bonds. The van der Waals surface area contributed by atoms with Gasteiger partial charge in [-0.25, -0.2) is 5.01 Å². The average molecular weight is 408 g/mol. The predicted molar refractivity (Wildman–Crippen MR) is 117 cm³/mol. The molecule has 6 heteroatoms. The van der Waals surface area contributed by atoms with Crippen molar-refractivity contribution in [3.8, 4) is 11.5 Å². The number of methoxy groups -OCH3 is 2. The quantitative estimate of drug-likeness (QED) is 0.761. The van der Waals surface area contributed by atoms with E-state index in [1.165, 1.54) is 0 Å². The van der Waals surface area contributed by atoms with E-state index >= 15 is 0 Å². The highest BCUT2D eigenvalue weighted by atomic mass is 16.5. The van der Waals surface area contributed by atoms with Crippen LogP contribution in [0.3, 0.4) is 0 Å². The van der Waals surface area contributed by atoms with Crippen molar-refractivity contribution in [2.45, 2.75) is 31.2 Å². The van der Waals surface area contributed by atoms with Crippen LogP contribution in [-0.4, -0.2) is 61.9 Å². The smallest absolute Gasteiger partial charge is 0.250 e. The van der Waals surface area contributed by atoms with Crippen LogP contribution in [0.4, 0.5) is 0 Å². The Morgan fingerprint density at radius 1 is 0.967 bits per heavy atom. The second kappa shape index (κ2) is 8.88. The van der Waals surface area contributed by atoms with E-state index in [4.69, 9.17) is 14.6 Å². The number of ether oxygens (including phenoxy) is 2. The van der Waals surface area contributed by atoms with Crippen molar-refractivity contribution < 1.29 is 14.3 Å². The molecular weight excluding hydrogens is 378 g/mol. The minimum atomic E-state index is -0.230. The van der Waals surface area contributed by atoms with Gasteiger partial charge in [0, 0.05) is 12.0 Å². The molecule has 0 aromatic heterocycles. The van der Waals surface area contributed by atoms with Crippen LogP contribution in [-0.2, 0) is 4.79 Å². The van der Waals surface area contributed by atoms with Gasteiger partial charge in [0.1, 0.15) is 0 Å². The van der Waals surface area contributed by atoms with Crippen molar-refractivity contribution in [3.63, 3.8) is 0 Å². The first-order chi connectivity index (χ1) is 14.6. The Morgan fingerprint density at radius 2 is 1.67 bits per heavy atom. The number of likely N-dealkylation sites (tertiary alicyclic amines) is 1. The van der Waals surface area contributed by atoms with Crippen molar-refractivity contribution >= 4 is 11.6 Å². The molecule has 2 aromatic rings. The first kappa shape index (κ1) is 20.4. The molecule has 0 spiro atoms. The van der Waals surface area contributed by atoms with Gasteiger partial charge in [-0.1, -0.05) is 30.3 Å². The van der Waals surface area contributed by atoms with E-state index in [1.54, 1.807) is 19.2 Å². The van der Waals surface area contributed by atoms with Crippen molar-refractivity contribution in [1.82, 2.24) is 9.91 Å². The van der Waals surface area contributed by atoms with E-state index in [-0.39, 0.29) is 17.9 Å². The van der Waals surface area contributed by atoms with Gasteiger partial charge in [-0.15, -0.1) is 0 Å². The number of hydrogen-bond donors (Lipinski definition) is 0. The minimum absolute atomic E-state index is 0.0972. The number of piperidine rings is 1. The second-order valence-corrected chi connectivity index (χ2v) is 8.00. The van der Waals surface area contributed by atoms with Crippen molar-refractivity contribution in [2.24, 2.45) is 5.10 Å². The second-order valence-electron chi connectivity index (χ2n) is 8.00. The van der Waals surface area contributed by atoms with E-state index in [1.807, 2.05) is 48.5 Å². The van der Waals surface area contributed by atoms with Gasteiger partial charge < -0.3 is 14.4 Å². The Hall–Kier alpha value is -2.86. The molecule has 0 aliphatic carbocycles. The Balaban J connectivity index is 1.72. The number of carbonyl (C=O) groups is 1. The Morgan fingerprint density at radius 3 is 2.33 bits per heavy atom. The van der Waals surface area contributed by atoms with Crippen LogP contribution >= 0.6 is 0 Å². The van der Waals surface area contributed by atoms with Crippen LogP contribution in [0.2, 0.25) is 0 Å². The largest absolute Gasteiger partial charge is 0.493 e. The summed E-state index contributed by atoms with van der Waals surface area (Å²) in [7, 11) is 5.38. The van der Waals surface area contributed by atoms with Crippen LogP contribution < -0.4 is 9.47 Å². The van der Waals surface area contributed by atoms with Gasteiger partial charge in [-0.05, 0) is 56.7 Å². The number of hydrazone groups is 1. The molecule has 158 valence electrons. The first-order valence-electron chi connectivity index (χ1n) is 10.5. The Labute approximate surface area is 178 Å². The van der Waals surface area contributed by atoms with Gasteiger partial charge in [0.2, 0.25) is 0 Å². The predicted octanol–water partition coefficient (Wildman–Crippen LogP) is 3.52. The minimum Gasteiger partial charge on any atom is -0.493 e. The van der Waals surface area contributed by atoms with Crippen LogP contribution in [0.25, 0.3) is 0 Å². The summed E-state index contributed by atoms with van der Waals surface area (Å²) >= 11 is 0. The highest BCUT2D eigenvalue weighted by Gasteiger charge is 2.37. The number of amides is 1. The monoisotopic (exact) mass is 407 g/mol. The SMILES string of the molecule is COc1ccc(C2=NN(C3CCN(C)CC3)C(=O)C(c3ccccc3)C2)cc1OC. The van der Waals surface area contributed by atoms with Gasteiger partial charge in [0.15, 0.2) is 11.5 Å². The molecule has 0 N–H and O–H groups in total. The maximum Gasteiger partial charge on any atom is 0.250 e. The number of carbonyl (C=O) groups excluding carboxylic acids is 1. The summed E-state index contributed by atoms with van der Waals surface area (Å²) in [5.74, 6) is 1.21. The van der Waals surface area contributed by atoms with E-state index in [0.717, 1.165) is 42.8 Å². The van der Waals surface area contributed by atoms with E-state index in [2.05, 4.69) is 11.9 Å². The Kier molecular flexibility index (Phi) is 6.04. The number of nitrogens with zero attached hydrogens (tertiary/aromatic N) is 3. The summed E-state index contributed by atoms with van der Waals surface area (Å²) in [5, 5.41) is 6.64. The zero-order chi connectivity index (χ0) is 21.1. The molecule has 6 nitrogen and oxygen atoms in total. The van der Waals surface area contributed by atoms with E-state index < -0.39 is 0 Å². The molecule has 2 aliphatic rings. The van der Waals surface area contributed by atoms with Crippen molar-refractivity contribution in [3.05, 3.63) is 59.7 Å². The summed E-state index contributed by atoms with van der Waals surface area (Å²) in [4.78, 5) is 15.8. The van der Waals surface area contributed by atoms with Gasteiger partial charge in [0.25, 0.3) is 5.91 Å². The molecule has 1 unspecified atom stereocenters. The summed E-state index contributed by atoms with van der Waals surface area (Å²) in [6, 6.07) is 16.0. The fourth-order valence-corrected chi connectivity index (χ4v) is 4.30. The average Bonchev–Trinajstić information content (AvgIpc) is 2.80. The highest BCUT2D eigenvalue weighted by molar-refractivity contribution is 6.06. The van der Waals surface area contributed by atoms with Crippen LogP contribution in [0, 0.1) is 0 Å². The summed E-state index contributed by atoms with van der Waals surface area (Å²) in [6.45, 7) is 1.96. The molecule has 2 heterocycles. The van der Waals surface area contributed by atoms with Crippen LogP contribution in [0.5, 0.6) is 11.5 Å². The molecule has 0 radical (unpaired) electrons. The lowest BCUT2D eigenvalue weighted by Gasteiger charge is -2.38. The normalized spacial score (nSPS) is 20.8. The lowest BCUT2D eigenvalue weighted by atomic mass is 9.88. The van der Waals surface area contributed by atoms with Gasteiger partial charge >= 0.3 is 0 Å². The van der Waals surface area contributed by atoms with Gasteiger partial charge in [0.05, 0.1) is 31.9 Å². The lowest BCUT2D eigenvalue weighted by molar-refractivity contribution is -0.136. The molecular formula is C24H29N3O3. The third kappa shape index (κ3) is 4.05. The molecule has 1 fully saturated rings. The number of rotatable bonds is 5. The first-order valence-corrected chi connectivity index (χ1v) is 10.5. The molecule has 1 saturated heterocycles. The van der Waals surface area contributed by atoms with E-state index in [0.29, 0.717) is 17.9 Å². The topological polar surface area (TPSA) is 54.4 Å². The summed E-state index contributed by atoms with van der Waals surface area (Å²) in [6.07, 6.45) is 2.44. The third-order valence-electron chi connectivity index (χ3n) is 6.10. The maximum absolute atomic E-state index is 13.5. The zero-order valence-electron chi connectivity index (χ0n) is 17.9. The molecule has 4 rings (SSSR count). The lowest BCUT2D eigenvalue weighted by Crippen LogP contribution is -2.48. The maximum atomic E-state index is 13.5. The van der Waals surface area contributed by atoms with E-state index in [9.17, 15) is 4.79 Å². The fraction of sp³-hybridized carbons (Fsp3) is 0.417.